The van der Waals surface area contributed by atoms with Gasteiger partial charge in [-0.25, -0.2) is 9.18 Å². The number of benzene rings is 1. The highest BCUT2D eigenvalue weighted by Gasteiger charge is 2.29. The second-order valence-electron chi connectivity index (χ2n) is 5.93. The molecule has 4 nitrogen and oxygen atoms in total. The number of esters is 1. The lowest BCUT2D eigenvalue weighted by Gasteiger charge is -2.20. The molecule has 0 aromatic heterocycles. The summed E-state index contributed by atoms with van der Waals surface area (Å²) in [5, 5.41) is 3.28. The minimum absolute atomic E-state index is 0.0285. The molecular formula is C15H20FNO3. The number of ether oxygens (including phenoxy) is 2. The van der Waals surface area contributed by atoms with Gasteiger partial charge in [0.2, 0.25) is 0 Å². The van der Waals surface area contributed by atoms with Crippen LogP contribution in [0.2, 0.25) is 0 Å². The summed E-state index contributed by atoms with van der Waals surface area (Å²) in [6, 6.07) is 4.77. The number of hydrogen-bond acceptors (Lipinski definition) is 4. The molecule has 1 N–H and O–H groups in total. The summed E-state index contributed by atoms with van der Waals surface area (Å²) in [6.07, 6.45) is -0.228. The van der Waals surface area contributed by atoms with Crippen LogP contribution in [0.1, 0.15) is 32.8 Å². The van der Waals surface area contributed by atoms with Crippen LogP contribution in [-0.2, 0) is 16.1 Å². The molecule has 5 heteroatoms. The molecule has 0 spiro atoms. The molecule has 1 aliphatic rings. The lowest BCUT2D eigenvalue weighted by molar-refractivity contribution is -0.143. The number of hydrogen-bond donors (Lipinski definition) is 1. The van der Waals surface area contributed by atoms with Gasteiger partial charge in [0.25, 0.3) is 0 Å². The molecule has 1 aromatic rings. The van der Waals surface area contributed by atoms with Crippen molar-refractivity contribution in [1.29, 1.82) is 0 Å². The predicted octanol–water partition coefficient (Wildman–Crippen LogP) is 2.41. The number of halogens is 1. The van der Waals surface area contributed by atoms with Crippen LogP contribution >= 0.6 is 0 Å². The van der Waals surface area contributed by atoms with Crippen LogP contribution in [0.4, 0.5) is 4.39 Å². The van der Waals surface area contributed by atoms with Crippen molar-refractivity contribution in [2.45, 2.75) is 45.4 Å². The first-order valence-electron chi connectivity index (χ1n) is 6.72. The summed E-state index contributed by atoms with van der Waals surface area (Å²) in [5.74, 6) is -0.797. The SMILES string of the molecule is CC(C)(C)NCc1ccc(OC2CCOC2=O)c(F)c1. The molecule has 0 saturated carbocycles. The van der Waals surface area contributed by atoms with Gasteiger partial charge in [0.05, 0.1) is 6.61 Å². The molecule has 2 rings (SSSR count). The van der Waals surface area contributed by atoms with Gasteiger partial charge in [-0.3, -0.25) is 0 Å². The lowest BCUT2D eigenvalue weighted by atomic mass is 10.1. The summed E-state index contributed by atoms with van der Waals surface area (Å²) < 4.78 is 24.1. The van der Waals surface area contributed by atoms with Gasteiger partial charge < -0.3 is 14.8 Å². The van der Waals surface area contributed by atoms with Crippen molar-refractivity contribution in [3.63, 3.8) is 0 Å². The first-order valence-corrected chi connectivity index (χ1v) is 6.72. The van der Waals surface area contributed by atoms with Crippen molar-refractivity contribution >= 4 is 5.97 Å². The third-order valence-corrected chi connectivity index (χ3v) is 2.98. The van der Waals surface area contributed by atoms with E-state index < -0.39 is 17.9 Å². The fraction of sp³-hybridized carbons (Fsp3) is 0.533. The van der Waals surface area contributed by atoms with Crippen LogP contribution in [0.5, 0.6) is 5.75 Å². The Morgan fingerprint density at radius 2 is 2.20 bits per heavy atom. The molecule has 1 heterocycles. The van der Waals surface area contributed by atoms with Gasteiger partial charge in [0.1, 0.15) is 0 Å². The van der Waals surface area contributed by atoms with Gasteiger partial charge in [0, 0.05) is 18.5 Å². The average molecular weight is 281 g/mol. The molecule has 1 aliphatic heterocycles. The van der Waals surface area contributed by atoms with E-state index in [4.69, 9.17) is 9.47 Å². The van der Waals surface area contributed by atoms with Gasteiger partial charge in [-0.15, -0.1) is 0 Å². The van der Waals surface area contributed by atoms with E-state index >= 15 is 0 Å². The van der Waals surface area contributed by atoms with E-state index in [1.807, 2.05) is 20.8 Å². The van der Waals surface area contributed by atoms with Crippen molar-refractivity contribution < 1.29 is 18.7 Å². The minimum Gasteiger partial charge on any atom is -0.476 e. The fourth-order valence-electron chi connectivity index (χ4n) is 1.85. The average Bonchev–Trinajstić information content (AvgIpc) is 2.75. The van der Waals surface area contributed by atoms with E-state index in [1.165, 1.54) is 6.07 Å². The zero-order valence-electron chi connectivity index (χ0n) is 12.0. The second kappa shape index (κ2) is 5.79. The number of nitrogens with one attached hydrogen (secondary N) is 1. The third kappa shape index (κ3) is 3.93. The van der Waals surface area contributed by atoms with E-state index in [1.54, 1.807) is 12.1 Å². The topological polar surface area (TPSA) is 47.6 Å². The fourth-order valence-corrected chi connectivity index (χ4v) is 1.85. The van der Waals surface area contributed by atoms with Crippen molar-refractivity contribution in [1.82, 2.24) is 5.32 Å². The Kier molecular flexibility index (Phi) is 4.28. The van der Waals surface area contributed by atoms with Crippen molar-refractivity contribution in [2.75, 3.05) is 6.61 Å². The van der Waals surface area contributed by atoms with Crippen molar-refractivity contribution in [2.24, 2.45) is 0 Å². The van der Waals surface area contributed by atoms with Crippen LogP contribution in [0, 0.1) is 5.82 Å². The Morgan fingerprint density at radius 3 is 2.75 bits per heavy atom. The molecule has 0 radical (unpaired) electrons. The second-order valence-corrected chi connectivity index (χ2v) is 5.93. The van der Waals surface area contributed by atoms with Gasteiger partial charge >= 0.3 is 5.97 Å². The Morgan fingerprint density at radius 1 is 1.45 bits per heavy atom. The maximum absolute atomic E-state index is 13.9. The first-order chi connectivity index (χ1) is 9.35. The molecule has 1 fully saturated rings. The number of carbonyl (C=O) groups is 1. The molecular weight excluding hydrogens is 261 g/mol. The molecule has 20 heavy (non-hydrogen) atoms. The van der Waals surface area contributed by atoms with E-state index in [2.05, 4.69) is 5.32 Å². The smallest absolute Gasteiger partial charge is 0.347 e. The van der Waals surface area contributed by atoms with Crippen LogP contribution in [0.3, 0.4) is 0 Å². The monoisotopic (exact) mass is 281 g/mol. The largest absolute Gasteiger partial charge is 0.476 e. The zero-order valence-corrected chi connectivity index (χ0v) is 12.0. The molecule has 1 saturated heterocycles. The maximum Gasteiger partial charge on any atom is 0.347 e. The first kappa shape index (κ1) is 14.8. The summed E-state index contributed by atoms with van der Waals surface area (Å²) in [4.78, 5) is 11.3. The highest BCUT2D eigenvalue weighted by Crippen LogP contribution is 2.22. The molecule has 110 valence electrons. The Bertz CT molecular complexity index is 496. The predicted molar refractivity (Wildman–Crippen MR) is 73.0 cm³/mol. The molecule has 1 aromatic carbocycles. The van der Waals surface area contributed by atoms with Crippen LogP contribution in [0.15, 0.2) is 18.2 Å². The summed E-state index contributed by atoms with van der Waals surface area (Å²) in [6.45, 7) is 7.05. The summed E-state index contributed by atoms with van der Waals surface area (Å²) in [7, 11) is 0. The standard InChI is InChI=1S/C15H20FNO3/c1-15(2,3)17-9-10-4-5-12(11(16)8-10)20-13-6-7-19-14(13)18/h4-5,8,13,17H,6-7,9H2,1-3H3. The van der Waals surface area contributed by atoms with E-state index in [-0.39, 0.29) is 11.3 Å². The summed E-state index contributed by atoms with van der Waals surface area (Å²) >= 11 is 0. The van der Waals surface area contributed by atoms with Gasteiger partial charge in [-0.05, 0) is 38.5 Å². The molecule has 1 unspecified atom stereocenters. The van der Waals surface area contributed by atoms with Crippen molar-refractivity contribution in [3.05, 3.63) is 29.6 Å². The van der Waals surface area contributed by atoms with Crippen LogP contribution in [0.25, 0.3) is 0 Å². The quantitative estimate of drug-likeness (QED) is 0.861. The maximum atomic E-state index is 13.9. The highest BCUT2D eigenvalue weighted by atomic mass is 19.1. The molecule has 1 atom stereocenters. The van der Waals surface area contributed by atoms with E-state index in [0.29, 0.717) is 19.6 Å². The Labute approximate surface area is 118 Å². The zero-order chi connectivity index (χ0) is 14.8. The van der Waals surface area contributed by atoms with E-state index in [9.17, 15) is 9.18 Å². The van der Waals surface area contributed by atoms with E-state index in [0.717, 1.165) is 5.56 Å². The number of carbonyl (C=O) groups excluding carboxylic acids is 1. The van der Waals surface area contributed by atoms with Crippen LogP contribution in [-0.4, -0.2) is 24.2 Å². The normalized spacial score (nSPS) is 19.0. The molecule has 0 aliphatic carbocycles. The molecule has 0 bridgehead atoms. The Hall–Kier alpha value is -1.62. The van der Waals surface area contributed by atoms with Gasteiger partial charge in [0.15, 0.2) is 17.7 Å². The lowest BCUT2D eigenvalue weighted by Crippen LogP contribution is -2.35. The summed E-state index contributed by atoms with van der Waals surface area (Å²) in [5.41, 5.74) is 0.804. The molecule has 0 amide bonds. The Balaban J connectivity index is 2.00. The third-order valence-electron chi connectivity index (χ3n) is 2.98. The van der Waals surface area contributed by atoms with Gasteiger partial charge in [-0.2, -0.15) is 0 Å². The van der Waals surface area contributed by atoms with Gasteiger partial charge in [-0.1, -0.05) is 6.07 Å². The number of rotatable bonds is 4. The highest BCUT2D eigenvalue weighted by molar-refractivity contribution is 5.76. The van der Waals surface area contributed by atoms with Crippen LogP contribution < -0.4 is 10.1 Å². The minimum atomic E-state index is -0.692. The number of cyclic esters (lactones) is 1. The van der Waals surface area contributed by atoms with Crippen molar-refractivity contribution in [3.8, 4) is 5.75 Å².